The molecule has 1 aromatic rings. The maximum absolute atomic E-state index is 12.8. The summed E-state index contributed by atoms with van der Waals surface area (Å²) in [6.07, 6.45) is -4.45. The van der Waals surface area contributed by atoms with E-state index >= 15 is 0 Å². The zero-order chi connectivity index (χ0) is 14.6. The number of carbonyl (C=O) groups excluding carboxylic acids is 1. The number of rotatable bonds is 3. The number of hydrogen-bond acceptors (Lipinski definition) is 3. The molecule has 0 atom stereocenters. The van der Waals surface area contributed by atoms with Crippen molar-refractivity contribution in [1.29, 1.82) is 5.26 Å². The first-order valence-electron chi connectivity index (χ1n) is 5.66. The summed E-state index contributed by atoms with van der Waals surface area (Å²) in [5.74, 6) is -0.789. The monoisotopic (exact) mass is 271 g/mol. The van der Waals surface area contributed by atoms with Crippen LogP contribution in [-0.2, 0) is 17.3 Å². The fraction of sp³-hybridized carbons (Fsp3) is 0.385. The molecule has 0 saturated heterocycles. The molecule has 0 saturated carbocycles. The van der Waals surface area contributed by atoms with Crippen LogP contribution in [0.25, 0.3) is 0 Å². The van der Waals surface area contributed by atoms with Crippen molar-refractivity contribution >= 4 is 5.97 Å². The summed E-state index contributed by atoms with van der Waals surface area (Å²) in [4.78, 5) is 11.6. The van der Waals surface area contributed by atoms with Crippen molar-refractivity contribution in [2.45, 2.75) is 26.4 Å². The van der Waals surface area contributed by atoms with Crippen LogP contribution in [0.3, 0.4) is 0 Å². The summed E-state index contributed by atoms with van der Waals surface area (Å²) in [5, 5.41) is 8.86. The van der Waals surface area contributed by atoms with Crippen LogP contribution in [0, 0.1) is 11.3 Å². The summed E-state index contributed by atoms with van der Waals surface area (Å²) in [6, 6.07) is 3.38. The Bertz CT molecular complexity index is 530. The van der Waals surface area contributed by atoms with Gasteiger partial charge in [0.05, 0.1) is 23.3 Å². The Morgan fingerprint density at radius 3 is 2.42 bits per heavy atom. The predicted molar refractivity (Wildman–Crippen MR) is 61.5 cm³/mol. The van der Waals surface area contributed by atoms with Gasteiger partial charge in [0.1, 0.15) is 6.07 Å². The van der Waals surface area contributed by atoms with E-state index in [9.17, 15) is 18.0 Å². The molecule has 1 aromatic carbocycles. The molecule has 0 fully saturated rings. The van der Waals surface area contributed by atoms with Gasteiger partial charge in [0.2, 0.25) is 0 Å². The number of halogens is 3. The Morgan fingerprint density at radius 2 is 2.00 bits per heavy atom. The first-order chi connectivity index (χ1) is 8.85. The third-order valence-corrected chi connectivity index (χ3v) is 2.55. The lowest BCUT2D eigenvalue weighted by molar-refractivity contribution is -0.138. The summed E-state index contributed by atoms with van der Waals surface area (Å²) < 4.78 is 43.1. The van der Waals surface area contributed by atoms with Crippen molar-refractivity contribution < 1.29 is 22.7 Å². The average Bonchev–Trinajstić information content (AvgIpc) is 2.36. The van der Waals surface area contributed by atoms with Crippen molar-refractivity contribution in [3.8, 4) is 6.07 Å². The fourth-order valence-electron chi connectivity index (χ4n) is 1.67. The van der Waals surface area contributed by atoms with Gasteiger partial charge in [-0.15, -0.1) is 0 Å². The van der Waals surface area contributed by atoms with E-state index in [4.69, 9.17) is 10.00 Å². The van der Waals surface area contributed by atoms with Crippen LogP contribution in [0.4, 0.5) is 13.2 Å². The minimum absolute atomic E-state index is 0.0328. The number of alkyl halides is 3. The molecule has 1 rings (SSSR count). The second kappa shape index (κ2) is 5.74. The summed E-state index contributed by atoms with van der Waals surface area (Å²) in [7, 11) is 0. The Hall–Kier alpha value is -2.03. The molecular weight excluding hydrogens is 259 g/mol. The molecule has 19 heavy (non-hydrogen) atoms. The quantitative estimate of drug-likeness (QED) is 0.792. The van der Waals surface area contributed by atoms with Crippen LogP contribution >= 0.6 is 0 Å². The van der Waals surface area contributed by atoms with Gasteiger partial charge < -0.3 is 4.74 Å². The van der Waals surface area contributed by atoms with Gasteiger partial charge in [0, 0.05) is 0 Å². The Morgan fingerprint density at radius 1 is 1.37 bits per heavy atom. The highest BCUT2D eigenvalue weighted by molar-refractivity contribution is 5.92. The molecule has 0 aliphatic rings. The number of aryl methyl sites for hydroxylation is 1. The zero-order valence-electron chi connectivity index (χ0n) is 10.5. The first kappa shape index (κ1) is 15.0. The maximum atomic E-state index is 12.8. The summed E-state index contributed by atoms with van der Waals surface area (Å²) in [5.41, 5.74) is -1.38. The normalized spacial score (nSPS) is 10.9. The third kappa shape index (κ3) is 3.25. The standard InChI is InChI=1S/C13H12F3NO2/c1-3-8-5-10(12(18)19-4-2)9(7-17)6-11(8)13(14,15)16/h5-6H,3-4H2,1-2H3. The second-order valence-electron chi connectivity index (χ2n) is 3.74. The van der Waals surface area contributed by atoms with Crippen molar-refractivity contribution in [2.75, 3.05) is 6.61 Å². The molecule has 0 N–H and O–H groups in total. The number of carbonyl (C=O) groups is 1. The fourth-order valence-corrected chi connectivity index (χ4v) is 1.67. The van der Waals surface area contributed by atoms with Gasteiger partial charge in [0.25, 0.3) is 0 Å². The second-order valence-corrected chi connectivity index (χ2v) is 3.74. The number of esters is 1. The lowest BCUT2D eigenvalue weighted by atomic mass is 9.97. The largest absolute Gasteiger partial charge is 0.462 e. The van der Waals surface area contributed by atoms with E-state index in [0.29, 0.717) is 6.07 Å². The zero-order valence-corrected chi connectivity index (χ0v) is 10.5. The number of hydrogen-bond donors (Lipinski definition) is 0. The van der Waals surface area contributed by atoms with E-state index in [1.807, 2.05) is 0 Å². The molecule has 0 bridgehead atoms. The molecule has 0 amide bonds. The van der Waals surface area contributed by atoms with Crippen LogP contribution in [0.2, 0.25) is 0 Å². The van der Waals surface area contributed by atoms with E-state index in [1.165, 1.54) is 0 Å². The number of nitrogens with zero attached hydrogens (tertiary/aromatic N) is 1. The number of ether oxygens (including phenoxy) is 1. The van der Waals surface area contributed by atoms with Gasteiger partial charge in [-0.1, -0.05) is 6.92 Å². The van der Waals surface area contributed by atoms with Crippen molar-refractivity contribution in [1.82, 2.24) is 0 Å². The number of benzene rings is 1. The molecule has 0 radical (unpaired) electrons. The molecular formula is C13H12F3NO2. The third-order valence-electron chi connectivity index (χ3n) is 2.55. The van der Waals surface area contributed by atoms with Crippen LogP contribution in [-0.4, -0.2) is 12.6 Å². The predicted octanol–water partition coefficient (Wildman–Crippen LogP) is 3.32. The van der Waals surface area contributed by atoms with Crippen LogP contribution in [0.15, 0.2) is 12.1 Å². The smallest absolute Gasteiger partial charge is 0.416 e. The Kier molecular flexibility index (Phi) is 4.54. The highest BCUT2D eigenvalue weighted by atomic mass is 19.4. The molecule has 0 spiro atoms. The summed E-state index contributed by atoms with van der Waals surface area (Å²) in [6.45, 7) is 3.21. The molecule has 0 aliphatic heterocycles. The SMILES string of the molecule is CCOC(=O)c1cc(CC)c(C(F)(F)F)cc1C#N. The topological polar surface area (TPSA) is 50.1 Å². The summed E-state index contributed by atoms with van der Waals surface area (Å²) >= 11 is 0. The maximum Gasteiger partial charge on any atom is 0.416 e. The van der Waals surface area contributed by atoms with Gasteiger partial charge in [0.15, 0.2) is 0 Å². The van der Waals surface area contributed by atoms with Crippen molar-refractivity contribution in [3.05, 3.63) is 34.4 Å². The minimum atomic E-state index is -4.55. The lowest BCUT2D eigenvalue weighted by Gasteiger charge is -2.14. The minimum Gasteiger partial charge on any atom is -0.462 e. The average molecular weight is 271 g/mol. The van der Waals surface area contributed by atoms with Gasteiger partial charge in [-0.05, 0) is 31.0 Å². The molecule has 0 aliphatic carbocycles. The van der Waals surface area contributed by atoms with E-state index in [2.05, 4.69) is 0 Å². The first-order valence-corrected chi connectivity index (χ1v) is 5.66. The van der Waals surface area contributed by atoms with Crippen molar-refractivity contribution in [2.24, 2.45) is 0 Å². The van der Waals surface area contributed by atoms with Gasteiger partial charge in [-0.2, -0.15) is 18.4 Å². The highest BCUT2D eigenvalue weighted by Crippen LogP contribution is 2.34. The van der Waals surface area contributed by atoms with E-state index in [-0.39, 0.29) is 29.7 Å². The highest BCUT2D eigenvalue weighted by Gasteiger charge is 2.34. The van der Waals surface area contributed by atoms with Crippen LogP contribution in [0.1, 0.15) is 40.9 Å². The van der Waals surface area contributed by atoms with Crippen molar-refractivity contribution in [3.63, 3.8) is 0 Å². The lowest BCUT2D eigenvalue weighted by Crippen LogP contribution is -2.14. The Balaban J connectivity index is 3.45. The van der Waals surface area contributed by atoms with E-state index in [0.717, 1.165) is 6.07 Å². The van der Waals surface area contributed by atoms with E-state index in [1.54, 1.807) is 19.9 Å². The molecule has 0 heterocycles. The molecule has 102 valence electrons. The van der Waals surface area contributed by atoms with Crippen LogP contribution in [0.5, 0.6) is 0 Å². The number of nitriles is 1. The van der Waals surface area contributed by atoms with Gasteiger partial charge in [-0.3, -0.25) is 0 Å². The Labute approximate surface area is 108 Å². The molecule has 0 aromatic heterocycles. The molecule has 0 unspecified atom stereocenters. The van der Waals surface area contributed by atoms with Crippen LogP contribution < -0.4 is 0 Å². The van der Waals surface area contributed by atoms with E-state index < -0.39 is 17.7 Å². The van der Waals surface area contributed by atoms with Gasteiger partial charge in [-0.25, -0.2) is 4.79 Å². The molecule has 3 nitrogen and oxygen atoms in total. The van der Waals surface area contributed by atoms with Gasteiger partial charge >= 0.3 is 12.1 Å². The molecule has 6 heteroatoms.